The Labute approximate surface area is 162 Å². The van der Waals surface area contributed by atoms with Crippen LogP contribution in [0.1, 0.15) is 39.5 Å². The van der Waals surface area contributed by atoms with Crippen LogP contribution in [0.3, 0.4) is 0 Å². The van der Waals surface area contributed by atoms with Crippen molar-refractivity contribution in [2.75, 3.05) is 32.8 Å². The monoisotopic (exact) mass is 394 g/mol. The summed E-state index contributed by atoms with van der Waals surface area (Å²) in [6.45, 7) is 6.98. The molecule has 27 heavy (non-hydrogen) atoms. The number of hydrogen-bond acceptors (Lipinski definition) is 4. The predicted molar refractivity (Wildman–Crippen MR) is 104 cm³/mol. The summed E-state index contributed by atoms with van der Waals surface area (Å²) in [7, 11) is -3.59. The van der Waals surface area contributed by atoms with Crippen LogP contribution in [0.4, 0.5) is 0 Å². The van der Waals surface area contributed by atoms with Gasteiger partial charge in [0.05, 0.1) is 17.4 Å². The molecular formula is C20H30N2O4S. The number of hydrogen-bond donors (Lipinski definition) is 0. The van der Waals surface area contributed by atoms with Crippen molar-refractivity contribution in [1.82, 2.24) is 9.21 Å². The first-order valence-corrected chi connectivity index (χ1v) is 11.4. The first-order chi connectivity index (χ1) is 12.9. The molecule has 1 unspecified atom stereocenters. The van der Waals surface area contributed by atoms with Gasteiger partial charge in [0.25, 0.3) is 0 Å². The van der Waals surface area contributed by atoms with Crippen LogP contribution in [0.25, 0.3) is 0 Å². The second-order valence-electron chi connectivity index (χ2n) is 7.61. The van der Waals surface area contributed by atoms with Gasteiger partial charge in [-0.15, -0.1) is 0 Å². The summed E-state index contributed by atoms with van der Waals surface area (Å²) in [5.41, 5.74) is 0. The van der Waals surface area contributed by atoms with E-state index in [9.17, 15) is 13.2 Å². The van der Waals surface area contributed by atoms with E-state index < -0.39 is 10.0 Å². The van der Waals surface area contributed by atoms with E-state index in [1.807, 2.05) is 11.8 Å². The first kappa shape index (κ1) is 20.1. The first-order valence-electron chi connectivity index (χ1n) is 9.93. The van der Waals surface area contributed by atoms with Gasteiger partial charge in [0.2, 0.25) is 15.9 Å². The summed E-state index contributed by atoms with van der Waals surface area (Å²) in [6, 6.07) is 6.52. The number of amides is 1. The molecule has 0 bridgehead atoms. The van der Waals surface area contributed by atoms with Crippen LogP contribution in [-0.4, -0.2) is 56.3 Å². The molecule has 2 heterocycles. The summed E-state index contributed by atoms with van der Waals surface area (Å²) in [5.74, 6) is 1.21. The topological polar surface area (TPSA) is 66.9 Å². The number of benzene rings is 1. The molecule has 0 spiro atoms. The van der Waals surface area contributed by atoms with Gasteiger partial charge < -0.3 is 9.64 Å². The van der Waals surface area contributed by atoms with E-state index in [1.165, 1.54) is 4.31 Å². The van der Waals surface area contributed by atoms with Crippen LogP contribution in [0, 0.1) is 11.8 Å². The molecule has 1 amide bonds. The van der Waals surface area contributed by atoms with Gasteiger partial charge in [-0.05, 0) is 62.8 Å². The summed E-state index contributed by atoms with van der Waals surface area (Å²) in [5, 5.41) is 0. The number of ether oxygens (including phenoxy) is 1. The van der Waals surface area contributed by atoms with E-state index in [1.54, 1.807) is 24.3 Å². The van der Waals surface area contributed by atoms with E-state index in [2.05, 4.69) is 6.92 Å². The fraction of sp³-hybridized carbons (Fsp3) is 0.650. The van der Waals surface area contributed by atoms with Gasteiger partial charge in [-0.1, -0.05) is 6.92 Å². The van der Waals surface area contributed by atoms with Crippen LogP contribution in [0.5, 0.6) is 5.75 Å². The molecule has 0 aliphatic carbocycles. The molecule has 1 atom stereocenters. The zero-order valence-electron chi connectivity index (χ0n) is 16.3. The number of piperidine rings is 2. The van der Waals surface area contributed by atoms with Crippen molar-refractivity contribution in [3.8, 4) is 5.75 Å². The Morgan fingerprint density at radius 3 is 2.41 bits per heavy atom. The van der Waals surface area contributed by atoms with E-state index >= 15 is 0 Å². The molecule has 2 aliphatic heterocycles. The lowest BCUT2D eigenvalue weighted by Crippen LogP contribution is -2.48. The Bertz CT molecular complexity index is 740. The number of carbonyl (C=O) groups is 1. The number of sulfonamides is 1. The highest BCUT2D eigenvalue weighted by atomic mass is 32.2. The van der Waals surface area contributed by atoms with Crippen LogP contribution >= 0.6 is 0 Å². The minimum Gasteiger partial charge on any atom is -0.494 e. The standard InChI is InChI=1S/C20H30N2O4S/c1-3-26-18-6-8-19(9-7-18)27(24,25)22-12-4-5-17(15-22)20(23)21-13-10-16(2)11-14-21/h6-9,16-17H,3-5,10-15H2,1-2H3. The molecule has 1 aromatic rings. The van der Waals surface area contributed by atoms with Gasteiger partial charge in [-0.2, -0.15) is 4.31 Å². The van der Waals surface area contributed by atoms with Crippen molar-refractivity contribution in [3.05, 3.63) is 24.3 Å². The van der Waals surface area contributed by atoms with Crippen molar-refractivity contribution in [1.29, 1.82) is 0 Å². The smallest absolute Gasteiger partial charge is 0.243 e. The number of likely N-dealkylation sites (tertiary alicyclic amines) is 1. The van der Waals surface area contributed by atoms with Crippen molar-refractivity contribution in [2.24, 2.45) is 11.8 Å². The summed E-state index contributed by atoms with van der Waals surface area (Å²) >= 11 is 0. The highest BCUT2D eigenvalue weighted by molar-refractivity contribution is 7.89. The molecule has 7 heteroatoms. The quantitative estimate of drug-likeness (QED) is 0.770. The van der Waals surface area contributed by atoms with E-state index in [0.717, 1.165) is 38.8 Å². The van der Waals surface area contributed by atoms with Crippen molar-refractivity contribution in [2.45, 2.75) is 44.4 Å². The fourth-order valence-electron chi connectivity index (χ4n) is 3.87. The zero-order valence-corrected chi connectivity index (χ0v) is 17.1. The minimum absolute atomic E-state index is 0.119. The zero-order chi connectivity index (χ0) is 19.4. The van der Waals surface area contributed by atoms with Gasteiger partial charge in [0.1, 0.15) is 5.75 Å². The van der Waals surface area contributed by atoms with Crippen molar-refractivity contribution >= 4 is 15.9 Å². The van der Waals surface area contributed by atoms with E-state index in [4.69, 9.17) is 4.74 Å². The lowest BCUT2D eigenvalue weighted by Gasteiger charge is -2.36. The molecule has 2 fully saturated rings. The lowest BCUT2D eigenvalue weighted by atomic mass is 9.94. The molecule has 0 saturated carbocycles. The fourth-order valence-corrected chi connectivity index (χ4v) is 5.40. The molecule has 0 N–H and O–H groups in total. The van der Waals surface area contributed by atoms with Gasteiger partial charge in [0.15, 0.2) is 0 Å². The largest absolute Gasteiger partial charge is 0.494 e. The Morgan fingerprint density at radius 2 is 1.78 bits per heavy atom. The predicted octanol–water partition coefficient (Wildman–Crippen LogP) is 2.74. The third kappa shape index (κ3) is 4.63. The van der Waals surface area contributed by atoms with Crippen LogP contribution < -0.4 is 4.74 Å². The molecule has 6 nitrogen and oxygen atoms in total. The number of carbonyl (C=O) groups excluding carboxylic acids is 1. The SMILES string of the molecule is CCOc1ccc(S(=O)(=O)N2CCCC(C(=O)N3CCC(C)CC3)C2)cc1. The number of nitrogens with zero attached hydrogens (tertiary/aromatic N) is 2. The molecule has 1 aromatic carbocycles. The maximum absolute atomic E-state index is 13.0. The highest BCUT2D eigenvalue weighted by Gasteiger charge is 2.35. The van der Waals surface area contributed by atoms with Crippen LogP contribution in [0.2, 0.25) is 0 Å². The summed E-state index contributed by atoms with van der Waals surface area (Å²) in [4.78, 5) is 15.1. The van der Waals surface area contributed by atoms with Crippen LogP contribution in [0.15, 0.2) is 29.2 Å². The Kier molecular flexibility index (Phi) is 6.42. The Balaban J connectivity index is 1.68. The minimum atomic E-state index is -3.59. The number of rotatable bonds is 5. The summed E-state index contributed by atoms with van der Waals surface area (Å²) < 4.78 is 32.9. The second kappa shape index (κ2) is 8.61. The molecule has 3 rings (SSSR count). The van der Waals surface area contributed by atoms with Gasteiger partial charge in [-0.25, -0.2) is 8.42 Å². The average molecular weight is 395 g/mol. The molecular weight excluding hydrogens is 364 g/mol. The normalized spacial score (nSPS) is 22.6. The third-order valence-electron chi connectivity index (χ3n) is 5.60. The molecule has 0 aromatic heterocycles. The molecule has 2 saturated heterocycles. The molecule has 2 aliphatic rings. The second-order valence-corrected chi connectivity index (χ2v) is 9.55. The maximum atomic E-state index is 13.0. The van der Waals surface area contributed by atoms with Gasteiger partial charge in [0, 0.05) is 26.2 Å². The van der Waals surface area contributed by atoms with Crippen molar-refractivity contribution in [3.63, 3.8) is 0 Å². The van der Waals surface area contributed by atoms with Gasteiger partial charge in [-0.3, -0.25) is 4.79 Å². The molecule has 150 valence electrons. The Hall–Kier alpha value is -1.60. The Morgan fingerprint density at radius 1 is 1.11 bits per heavy atom. The highest BCUT2D eigenvalue weighted by Crippen LogP contribution is 2.27. The summed E-state index contributed by atoms with van der Waals surface area (Å²) in [6.07, 6.45) is 3.55. The van der Waals surface area contributed by atoms with E-state index in [0.29, 0.717) is 24.8 Å². The maximum Gasteiger partial charge on any atom is 0.243 e. The van der Waals surface area contributed by atoms with E-state index in [-0.39, 0.29) is 23.3 Å². The lowest BCUT2D eigenvalue weighted by molar-refractivity contribution is -0.138. The van der Waals surface area contributed by atoms with Crippen LogP contribution in [-0.2, 0) is 14.8 Å². The van der Waals surface area contributed by atoms with Gasteiger partial charge >= 0.3 is 0 Å². The van der Waals surface area contributed by atoms with Crippen molar-refractivity contribution < 1.29 is 17.9 Å². The molecule has 0 radical (unpaired) electrons. The third-order valence-corrected chi connectivity index (χ3v) is 7.48. The average Bonchev–Trinajstić information content (AvgIpc) is 2.69.